The van der Waals surface area contributed by atoms with Gasteiger partial charge in [0.05, 0.1) is 66.1 Å². The summed E-state index contributed by atoms with van der Waals surface area (Å²) >= 11 is 0. The maximum atomic E-state index is 10.8. The summed E-state index contributed by atoms with van der Waals surface area (Å²) in [7, 11) is 15.2. The number of aliphatic hydroxyl groups is 1. The largest absolute Gasteiger partial charge is 0.396 e. The second kappa shape index (κ2) is 118. The predicted octanol–water partition coefficient (Wildman–Crippen LogP) is 14.0. The number of ether oxygens (including phenoxy) is 14. The zero-order valence-electron chi connectivity index (χ0n) is 59.3. The van der Waals surface area contributed by atoms with Crippen LogP contribution in [0.5, 0.6) is 0 Å². The molecule has 0 aliphatic heterocycles. The molecule has 0 aliphatic rings. The quantitative estimate of drug-likeness (QED) is 0.0560. The molecular formula is C68H148O19. The van der Waals surface area contributed by atoms with E-state index in [2.05, 4.69) is 32.4 Å². The first-order valence-electron chi connectivity index (χ1n) is 32.6. The highest BCUT2D eigenvalue weighted by Crippen LogP contribution is 2.10. The number of ketones is 4. The molecule has 0 rings (SSSR count). The number of unbranched alkanes of at least 4 members (excludes halogenated alkanes) is 12. The predicted molar refractivity (Wildman–Crippen MR) is 360 cm³/mol. The summed E-state index contributed by atoms with van der Waals surface area (Å²) in [5, 5.41) is 8.12. The van der Waals surface area contributed by atoms with E-state index in [0.717, 1.165) is 156 Å². The molecule has 19 heteroatoms. The van der Waals surface area contributed by atoms with Crippen LogP contribution in [0.2, 0.25) is 0 Å². The zero-order chi connectivity index (χ0) is 66.7. The van der Waals surface area contributed by atoms with Crippen molar-refractivity contribution in [1.82, 2.24) is 0 Å². The van der Waals surface area contributed by atoms with Crippen molar-refractivity contribution in [1.29, 1.82) is 0 Å². The second-order valence-electron chi connectivity index (χ2n) is 19.7. The minimum Gasteiger partial charge on any atom is -0.396 e. The molecule has 0 atom stereocenters. The lowest BCUT2D eigenvalue weighted by atomic mass is 10.1. The fourth-order valence-electron chi connectivity index (χ4n) is 5.97. The lowest BCUT2D eigenvalue weighted by Gasteiger charge is -2.05. The van der Waals surface area contributed by atoms with E-state index in [1.165, 1.54) is 57.8 Å². The summed E-state index contributed by atoms with van der Waals surface area (Å²) < 4.78 is 69.2. The Hall–Kier alpha value is -1.92. The standard InChI is InChI=1S/C13H26O2.C10H22O4.C9H18O2.C8H16O2.C6H12O2.2C6H14O2.C5H12O.C4H10O2.CH4/c1-13(14)11-9-7-5-3-4-6-8-10-12-15-2;1-3-4-12-7-8-14-10-9-13-6-5-11-2;1-3-9(10)7-5-4-6-8-11-2;1-8(9)6-4-3-5-7-10-2;1-6(7)4-3-5-8-2;2*1-3-4-8-6-5-7-2;1-3-4-5-6-2;1-6-4-2-3-5;/h3-12H2,1-2H3;3-10H2,1-2H3;3-8H2,1-2H3;3-7H2,1-2H3;3-5H2,1-2H3;2*3-6H2,1-2H3;3-5H2,1-2H3;5H,2-4H2,1H3;1H4. The van der Waals surface area contributed by atoms with Gasteiger partial charge in [-0.05, 0) is 97.8 Å². The van der Waals surface area contributed by atoms with Crippen LogP contribution in [0.1, 0.15) is 230 Å². The molecule has 19 nitrogen and oxygen atoms in total. The Morgan fingerprint density at radius 1 is 0.253 bits per heavy atom. The van der Waals surface area contributed by atoms with Crippen LogP contribution in [-0.2, 0) is 85.5 Å². The van der Waals surface area contributed by atoms with E-state index < -0.39 is 0 Å². The monoisotopic (exact) mass is 1270 g/mol. The Balaban J connectivity index is -0.0000000972. The maximum absolute atomic E-state index is 10.8. The molecule has 87 heavy (non-hydrogen) atoms. The summed E-state index contributed by atoms with van der Waals surface area (Å²) in [4.78, 5) is 42.2. The van der Waals surface area contributed by atoms with Gasteiger partial charge in [-0.15, -0.1) is 0 Å². The van der Waals surface area contributed by atoms with Crippen molar-refractivity contribution in [2.45, 2.75) is 230 Å². The molecule has 0 unspecified atom stereocenters. The summed E-state index contributed by atoms with van der Waals surface area (Å²) in [6.45, 7) is 29.5. The lowest BCUT2D eigenvalue weighted by molar-refractivity contribution is -0.119. The van der Waals surface area contributed by atoms with Crippen molar-refractivity contribution in [3.05, 3.63) is 0 Å². The molecular weight excluding hydrogens is 1120 g/mol. The van der Waals surface area contributed by atoms with E-state index in [1.54, 1.807) is 84.8 Å². The molecule has 534 valence electrons. The topological polar surface area (TPSA) is 218 Å². The van der Waals surface area contributed by atoms with Crippen molar-refractivity contribution in [2.24, 2.45) is 0 Å². The molecule has 0 amide bonds. The third kappa shape index (κ3) is 168. The molecule has 0 aliphatic carbocycles. The number of rotatable bonds is 55. The van der Waals surface area contributed by atoms with Crippen LogP contribution in [0.3, 0.4) is 0 Å². The summed E-state index contributed by atoms with van der Waals surface area (Å²) in [6.07, 6.45) is 27.3. The van der Waals surface area contributed by atoms with E-state index in [4.69, 9.17) is 66.7 Å². The SMILES string of the molecule is C.CCC(=O)CCCCCOC.CCCCOC.CCCOCCOC.CCCOCCOC.CCCOCCOCCOCCOC.COCCCC(C)=O.COCCCCCC(C)=O.COCCCCCCCCCCC(C)=O.COCCCO. The van der Waals surface area contributed by atoms with E-state index in [-0.39, 0.29) is 25.6 Å². The highest BCUT2D eigenvalue weighted by Gasteiger charge is 1.98. The van der Waals surface area contributed by atoms with Crippen LogP contribution in [-0.4, -0.2) is 224 Å². The number of methoxy groups -OCH3 is 9. The van der Waals surface area contributed by atoms with Gasteiger partial charge in [0.25, 0.3) is 0 Å². The minimum absolute atomic E-state index is 0. The highest BCUT2D eigenvalue weighted by atomic mass is 16.6. The molecule has 0 fully saturated rings. The lowest BCUT2D eigenvalue weighted by Crippen LogP contribution is -2.11. The number of Topliss-reactive ketones (excluding diaryl/α,β-unsaturated/α-hetero) is 4. The first-order valence-corrected chi connectivity index (χ1v) is 32.6. The van der Waals surface area contributed by atoms with Gasteiger partial charge in [-0.2, -0.15) is 0 Å². The van der Waals surface area contributed by atoms with Gasteiger partial charge in [0.1, 0.15) is 23.1 Å². The highest BCUT2D eigenvalue weighted by molar-refractivity contribution is 5.78. The van der Waals surface area contributed by atoms with Crippen LogP contribution < -0.4 is 0 Å². The van der Waals surface area contributed by atoms with Crippen molar-refractivity contribution in [3.63, 3.8) is 0 Å². The van der Waals surface area contributed by atoms with Crippen LogP contribution >= 0.6 is 0 Å². The van der Waals surface area contributed by atoms with Crippen LogP contribution in [0.15, 0.2) is 0 Å². The summed E-state index contributed by atoms with van der Waals surface area (Å²) in [6, 6.07) is 0. The normalized spacial score (nSPS) is 9.82. The van der Waals surface area contributed by atoms with Gasteiger partial charge in [-0.1, -0.05) is 99.8 Å². The third-order valence-electron chi connectivity index (χ3n) is 10.9. The van der Waals surface area contributed by atoms with Crippen molar-refractivity contribution in [3.8, 4) is 0 Å². The molecule has 1 N–H and O–H groups in total. The Kier molecular flexibility index (Phi) is 145. The Morgan fingerprint density at radius 3 is 0.736 bits per heavy atom. The molecule has 0 saturated carbocycles. The summed E-state index contributed by atoms with van der Waals surface area (Å²) in [5.74, 6) is 1.23. The van der Waals surface area contributed by atoms with E-state index >= 15 is 0 Å². The van der Waals surface area contributed by atoms with Gasteiger partial charge in [0.2, 0.25) is 0 Å². The van der Waals surface area contributed by atoms with Gasteiger partial charge in [-0.25, -0.2) is 0 Å². The van der Waals surface area contributed by atoms with E-state index in [9.17, 15) is 19.2 Å². The molecule has 0 spiro atoms. The van der Waals surface area contributed by atoms with Crippen LogP contribution in [0.25, 0.3) is 0 Å². The Bertz CT molecular complexity index is 1070. The second-order valence-corrected chi connectivity index (χ2v) is 19.7. The Labute approximate surface area is 537 Å². The van der Waals surface area contributed by atoms with Gasteiger partial charge < -0.3 is 85.8 Å². The molecule has 0 saturated heterocycles. The number of carbonyl (C=O) groups excluding carboxylic acids is 4. The molecule has 0 bridgehead atoms. The first-order chi connectivity index (χ1) is 41.7. The third-order valence-corrected chi connectivity index (χ3v) is 10.9. The van der Waals surface area contributed by atoms with E-state index in [0.29, 0.717) is 90.5 Å². The number of aliphatic hydroxyl groups excluding tert-OH is 1. The molecule has 0 heterocycles. The number of hydrogen-bond donors (Lipinski definition) is 1. The van der Waals surface area contributed by atoms with Crippen molar-refractivity contribution < 1.29 is 90.6 Å². The Morgan fingerprint density at radius 2 is 0.483 bits per heavy atom. The molecule has 0 radical (unpaired) electrons. The van der Waals surface area contributed by atoms with E-state index in [1.807, 2.05) is 6.92 Å². The van der Waals surface area contributed by atoms with Crippen molar-refractivity contribution >= 4 is 23.1 Å². The molecule has 0 aromatic heterocycles. The molecule has 0 aromatic rings. The van der Waals surface area contributed by atoms with Crippen LogP contribution in [0.4, 0.5) is 0 Å². The van der Waals surface area contributed by atoms with Gasteiger partial charge in [0.15, 0.2) is 0 Å². The first kappa shape index (κ1) is 107. The average Bonchev–Trinajstić information content (AvgIpc) is 3.50. The fraction of sp³-hybridized carbons (Fsp3) is 0.941. The number of carbonyl (C=O) groups is 4. The van der Waals surface area contributed by atoms with Gasteiger partial charge in [-0.3, -0.25) is 4.79 Å². The average molecular weight is 1270 g/mol. The van der Waals surface area contributed by atoms with Gasteiger partial charge in [0, 0.05) is 162 Å². The van der Waals surface area contributed by atoms with Gasteiger partial charge >= 0.3 is 0 Å². The zero-order valence-corrected chi connectivity index (χ0v) is 59.3. The summed E-state index contributed by atoms with van der Waals surface area (Å²) in [5.41, 5.74) is 0. The minimum atomic E-state index is 0. The number of hydrogen-bond acceptors (Lipinski definition) is 19. The van der Waals surface area contributed by atoms with Crippen molar-refractivity contribution in [2.75, 3.05) is 196 Å². The smallest absolute Gasteiger partial charge is 0.132 e. The van der Waals surface area contributed by atoms with Crippen LogP contribution in [0, 0.1) is 0 Å². The molecule has 0 aromatic carbocycles. The maximum Gasteiger partial charge on any atom is 0.132 e. The fourth-order valence-corrected chi connectivity index (χ4v) is 5.97.